The zero-order valence-electron chi connectivity index (χ0n) is 36.3. The minimum Gasteiger partial charge on any atom is -0.310 e. The number of anilines is 3. The highest BCUT2D eigenvalue weighted by atomic mass is 15.1. The van der Waals surface area contributed by atoms with Gasteiger partial charge in [0.2, 0.25) is 0 Å². The summed E-state index contributed by atoms with van der Waals surface area (Å²) in [6.07, 6.45) is 0. The van der Waals surface area contributed by atoms with E-state index in [0.717, 1.165) is 28.3 Å². The molecule has 2 nitrogen and oxygen atoms in total. The Labute approximate surface area is 385 Å². The lowest BCUT2D eigenvalue weighted by Gasteiger charge is -2.27. The summed E-state index contributed by atoms with van der Waals surface area (Å²) in [7, 11) is 0. The van der Waals surface area contributed by atoms with Crippen LogP contribution < -0.4 is 4.90 Å². The van der Waals surface area contributed by atoms with Gasteiger partial charge in [0.25, 0.3) is 0 Å². The lowest BCUT2D eigenvalue weighted by Crippen LogP contribution is -2.10. The average molecular weight is 841 g/mol. The van der Waals surface area contributed by atoms with Crippen LogP contribution in [0.3, 0.4) is 0 Å². The first-order valence-corrected chi connectivity index (χ1v) is 22.7. The lowest BCUT2D eigenvalue weighted by molar-refractivity contribution is 1.18. The van der Waals surface area contributed by atoms with Gasteiger partial charge in [0.05, 0.1) is 16.7 Å². The molecule has 0 unspecified atom stereocenters. The molecule has 0 amide bonds. The zero-order chi connectivity index (χ0) is 43.8. The van der Waals surface area contributed by atoms with E-state index in [0.29, 0.717) is 0 Å². The smallest absolute Gasteiger partial charge is 0.0547 e. The first kappa shape index (κ1) is 38.9. The Hall–Kier alpha value is -8.72. The molecular formula is C64H44N2. The Morgan fingerprint density at radius 1 is 0.258 bits per heavy atom. The summed E-state index contributed by atoms with van der Waals surface area (Å²) in [5, 5.41) is 4.88. The van der Waals surface area contributed by atoms with E-state index in [4.69, 9.17) is 0 Å². The van der Waals surface area contributed by atoms with Crippen LogP contribution in [0, 0.1) is 0 Å². The van der Waals surface area contributed by atoms with E-state index >= 15 is 0 Å². The Morgan fingerprint density at radius 2 is 0.727 bits per heavy atom. The third-order valence-electron chi connectivity index (χ3n) is 13.0. The van der Waals surface area contributed by atoms with E-state index < -0.39 is 0 Å². The number of hydrogen-bond acceptors (Lipinski definition) is 1. The van der Waals surface area contributed by atoms with Gasteiger partial charge in [-0.1, -0.05) is 212 Å². The van der Waals surface area contributed by atoms with Gasteiger partial charge < -0.3 is 9.47 Å². The summed E-state index contributed by atoms with van der Waals surface area (Å²) in [5.74, 6) is 0. The molecule has 0 saturated heterocycles. The first-order valence-electron chi connectivity index (χ1n) is 22.7. The lowest BCUT2D eigenvalue weighted by atomic mass is 9.93. The molecule has 2 heteroatoms. The second-order valence-electron chi connectivity index (χ2n) is 16.9. The molecule has 1 heterocycles. The molecular weight excluding hydrogens is 797 g/mol. The summed E-state index contributed by atoms with van der Waals surface area (Å²) < 4.78 is 2.43. The summed E-state index contributed by atoms with van der Waals surface area (Å²) in [5.41, 5.74) is 18.8. The molecule has 12 rings (SSSR count). The van der Waals surface area contributed by atoms with Crippen LogP contribution in [0.25, 0.3) is 93.9 Å². The highest BCUT2D eigenvalue weighted by Crippen LogP contribution is 2.43. The van der Waals surface area contributed by atoms with E-state index in [2.05, 4.69) is 276 Å². The van der Waals surface area contributed by atoms with Crippen molar-refractivity contribution in [2.45, 2.75) is 0 Å². The van der Waals surface area contributed by atoms with Gasteiger partial charge in [-0.05, 0) is 116 Å². The SMILES string of the molecule is c1ccc(-c2ccc(N(c3cccc(-c4ccccc4-c4ccc5c6ccccc6n(-c6ccc(-c7ccccc7-c7ccccc7)cc6)c5c4)c3)c3cccc4ccccc34)cc2)cc1. The van der Waals surface area contributed by atoms with Gasteiger partial charge in [0, 0.05) is 33.2 Å². The second kappa shape index (κ2) is 16.8. The van der Waals surface area contributed by atoms with Gasteiger partial charge in [-0.15, -0.1) is 0 Å². The second-order valence-corrected chi connectivity index (χ2v) is 16.9. The van der Waals surface area contributed by atoms with Crippen molar-refractivity contribution in [3.8, 4) is 61.3 Å². The summed E-state index contributed by atoms with van der Waals surface area (Å²) >= 11 is 0. The number of para-hydroxylation sites is 1. The molecule has 0 spiro atoms. The number of aromatic nitrogens is 1. The molecule has 0 aliphatic carbocycles. The van der Waals surface area contributed by atoms with Crippen molar-refractivity contribution in [2.24, 2.45) is 0 Å². The molecule has 0 radical (unpaired) electrons. The predicted octanol–water partition coefficient (Wildman–Crippen LogP) is 17.7. The van der Waals surface area contributed by atoms with Crippen LogP contribution >= 0.6 is 0 Å². The van der Waals surface area contributed by atoms with Crippen molar-refractivity contribution in [1.29, 1.82) is 0 Å². The van der Waals surface area contributed by atoms with Crippen LogP contribution in [-0.4, -0.2) is 4.57 Å². The quantitative estimate of drug-likeness (QED) is 0.141. The molecule has 0 aliphatic rings. The molecule has 0 N–H and O–H groups in total. The van der Waals surface area contributed by atoms with Crippen LogP contribution in [0.5, 0.6) is 0 Å². The third-order valence-corrected chi connectivity index (χ3v) is 13.0. The van der Waals surface area contributed by atoms with Crippen LogP contribution in [0.15, 0.2) is 267 Å². The number of benzene rings is 11. The third kappa shape index (κ3) is 7.02. The number of hydrogen-bond donors (Lipinski definition) is 0. The van der Waals surface area contributed by atoms with Gasteiger partial charge >= 0.3 is 0 Å². The van der Waals surface area contributed by atoms with E-state index in [1.54, 1.807) is 0 Å². The molecule has 0 bridgehead atoms. The van der Waals surface area contributed by atoms with E-state index in [1.165, 1.54) is 82.6 Å². The zero-order valence-corrected chi connectivity index (χ0v) is 36.3. The molecule has 1 aromatic heterocycles. The molecule has 0 fully saturated rings. The summed E-state index contributed by atoms with van der Waals surface area (Å²) in [6.45, 7) is 0. The molecule has 12 aromatic rings. The molecule has 11 aromatic carbocycles. The fourth-order valence-electron chi connectivity index (χ4n) is 9.87. The van der Waals surface area contributed by atoms with E-state index in [1.807, 2.05) is 0 Å². The number of fused-ring (bicyclic) bond motifs is 4. The van der Waals surface area contributed by atoms with Crippen molar-refractivity contribution in [2.75, 3.05) is 4.90 Å². The molecule has 310 valence electrons. The van der Waals surface area contributed by atoms with Crippen molar-refractivity contribution in [1.82, 2.24) is 4.57 Å². The van der Waals surface area contributed by atoms with Crippen molar-refractivity contribution in [3.63, 3.8) is 0 Å². The Balaban J connectivity index is 0.958. The van der Waals surface area contributed by atoms with Crippen molar-refractivity contribution in [3.05, 3.63) is 267 Å². The maximum Gasteiger partial charge on any atom is 0.0547 e. The first-order chi connectivity index (χ1) is 32.7. The van der Waals surface area contributed by atoms with Gasteiger partial charge in [0.15, 0.2) is 0 Å². The molecule has 0 saturated carbocycles. The molecule has 0 aliphatic heterocycles. The monoisotopic (exact) mass is 840 g/mol. The van der Waals surface area contributed by atoms with E-state index in [-0.39, 0.29) is 0 Å². The standard InChI is InChI=1S/C64H44N2/c1-3-17-45(18-4-1)46-33-38-52(39-34-46)65(62-32-16-22-48-21-7-8-29-59(48)62)54-24-15-23-50(43-54)57-27-11-12-28-58(57)51-37-42-61-60-30-13-14-31-63(60)66(64(61)44-51)53-40-35-49(36-41-53)56-26-10-9-25-55(56)47-19-5-2-6-20-47/h1-44H. The van der Waals surface area contributed by atoms with Crippen LogP contribution in [-0.2, 0) is 0 Å². The fourth-order valence-corrected chi connectivity index (χ4v) is 9.87. The topological polar surface area (TPSA) is 8.17 Å². The number of nitrogens with zero attached hydrogens (tertiary/aromatic N) is 2. The predicted molar refractivity (Wildman–Crippen MR) is 280 cm³/mol. The summed E-state index contributed by atoms with van der Waals surface area (Å²) in [4.78, 5) is 2.40. The number of rotatable bonds is 9. The highest BCUT2D eigenvalue weighted by molar-refractivity contribution is 6.10. The highest BCUT2D eigenvalue weighted by Gasteiger charge is 2.19. The van der Waals surface area contributed by atoms with Gasteiger partial charge in [-0.2, -0.15) is 0 Å². The molecule has 66 heavy (non-hydrogen) atoms. The summed E-state index contributed by atoms with van der Waals surface area (Å²) in [6, 6.07) is 96.8. The Morgan fingerprint density at radius 3 is 1.44 bits per heavy atom. The fraction of sp³-hybridized carbons (Fsp3) is 0. The Kier molecular flexibility index (Phi) is 9.89. The van der Waals surface area contributed by atoms with Crippen LogP contribution in [0.1, 0.15) is 0 Å². The van der Waals surface area contributed by atoms with Crippen LogP contribution in [0.2, 0.25) is 0 Å². The normalized spacial score (nSPS) is 11.3. The molecule has 0 atom stereocenters. The van der Waals surface area contributed by atoms with E-state index in [9.17, 15) is 0 Å². The van der Waals surface area contributed by atoms with Gasteiger partial charge in [-0.3, -0.25) is 0 Å². The largest absolute Gasteiger partial charge is 0.310 e. The minimum atomic E-state index is 1.09. The van der Waals surface area contributed by atoms with Crippen LogP contribution in [0.4, 0.5) is 17.1 Å². The Bertz CT molecular complexity index is 3670. The van der Waals surface area contributed by atoms with Gasteiger partial charge in [-0.25, -0.2) is 0 Å². The maximum absolute atomic E-state index is 2.43. The van der Waals surface area contributed by atoms with Crippen molar-refractivity contribution < 1.29 is 0 Å². The maximum atomic E-state index is 2.43. The average Bonchev–Trinajstić information content (AvgIpc) is 3.73. The van der Waals surface area contributed by atoms with Gasteiger partial charge in [0.1, 0.15) is 0 Å². The van der Waals surface area contributed by atoms with Crippen molar-refractivity contribution >= 4 is 49.6 Å². The minimum absolute atomic E-state index is 1.09.